The van der Waals surface area contributed by atoms with Crippen LogP contribution in [0.2, 0.25) is 5.02 Å². The van der Waals surface area contributed by atoms with E-state index in [9.17, 15) is 4.79 Å². The minimum atomic E-state index is -0.258. The molecule has 6 nitrogen and oxygen atoms in total. The van der Waals surface area contributed by atoms with Crippen molar-refractivity contribution in [2.24, 2.45) is 0 Å². The maximum absolute atomic E-state index is 12.6. The van der Waals surface area contributed by atoms with E-state index in [-0.39, 0.29) is 22.7 Å². The van der Waals surface area contributed by atoms with Gasteiger partial charge in [-0.15, -0.1) is 0 Å². The van der Waals surface area contributed by atoms with Crippen LogP contribution in [0.5, 0.6) is 0 Å². The summed E-state index contributed by atoms with van der Waals surface area (Å²) in [6.07, 6.45) is 9.94. The van der Waals surface area contributed by atoms with Crippen molar-refractivity contribution < 1.29 is 9.53 Å². The number of allylic oxidation sites excluding steroid dienone is 4. The summed E-state index contributed by atoms with van der Waals surface area (Å²) in [5.41, 5.74) is 3.99. The molecule has 0 radical (unpaired) electrons. The van der Waals surface area contributed by atoms with Gasteiger partial charge in [-0.05, 0) is 84.6 Å². The van der Waals surface area contributed by atoms with Gasteiger partial charge in [-0.3, -0.25) is 9.69 Å². The van der Waals surface area contributed by atoms with Crippen molar-refractivity contribution in [3.05, 3.63) is 57.9 Å². The number of likely N-dealkylation sites (tertiary alicyclic amines) is 1. The maximum atomic E-state index is 12.6. The van der Waals surface area contributed by atoms with Crippen LogP contribution in [0.1, 0.15) is 71.3 Å². The zero-order valence-corrected chi connectivity index (χ0v) is 21.2. The van der Waals surface area contributed by atoms with E-state index in [1.165, 1.54) is 23.7 Å². The molecule has 0 bridgehead atoms. The average Bonchev–Trinajstić information content (AvgIpc) is 3.23. The lowest BCUT2D eigenvalue weighted by Crippen LogP contribution is -2.43. The monoisotopic (exact) mass is 460 g/mol. The molecule has 2 heterocycles. The van der Waals surface area contributed by atoms with Crippen molar-refractivity contribution in [2.45, 2.75) is 78.9 Å². The summed E-state index contributed by atoms with van der Waals surface area (Å²) in [5.74, 6) is 0.639. The number of carbonyl (C=O) groups excluding carboxylic acids is 1. The number of methoxy groups -OCH3 is 1. The molecule has 3 unspecified atom stereocenters. The molecule has 0 spiro atoms. The normalized spacial score (nSPS) is 20.6. The van der Waals surface area contributed by atoms with E-state index in [2.05, 4.69) is 47.9 Å². The van der Waals surface area contributed by atoms with Gasteiger partial charge in [0, 0.05) is 24.3 Å². The number of ether oxygens (including phenoxy) is 1. The Bertz CT molecular complexity index is 894. The lowest BCUT2D eigenvalue weighted by atomic mass is 9.96. The average molecular weight is 461 g/mol. The molecule has 1 amide bonds. The summed E-state index contributed by atoms with van der Waals surface area (Å²) < 4.78 is 5.57. The van der Waals surface area contributed by atoms with Gasteiger partial charge >= 0.3 is 0 Å². The third kappa shape index (κ3) is 6.42. The van der Waals surface area contributed by atoms with Crippen molar-refractivity contribution in [3.8, 4) is 0 Å². The molecule has 1 saturated heterocycles. The van der Waals surface area contributed by atoms with E-state index in [0.29, 0.717) is 12.1 Å². The lowest BCUT2D eigenvalue weighted by molar-refractivity contribution is 0.0924. The number of nitrogens with one attached hydrogen (secondary N) is 1. The quantitative estimate of drug-likeness (QED) is 0.398. The van der Waals surface area contributed by atoms with Gasteiger partial charge in [-0.2, -0.15) is 0 Å². The van der Waals surface area contributed by atoms with Gasteiger partial charge in [-0.1, -0.05) is 23.3 Å². The van der Waals surface area contributed by atoms with Crippen molar-refractivity contribution in [3.63, 3.8) is 0 Å². The Hall–Kier alpha value is -2.18. The maximum Gasteiger partial charge on any atom is 0.271 e. The third-order valence-electron chi connectivity index (χ3n) is 6.49. The molecule has 0 aromatic carbocycles. The Morgan fingerprint density at radius 1 is 1.34 bits per heavy atom. The first-order valence-electron chi connectivity index (χ1n) is 11.3. The van der Waals surface area contributed by atoms with Gasteiger partial charge in [0.1, 0.15) is 17.8 Å². The highest BCUT2D eigenvalue weighted by Gasteiger charge is 2.31. The minimum absolute atomic E-state index is 0.00753. The van der Waals surface area contributed by atoms with Crippen molar-refractivity contribution in [1.82, 2.24) is 20.2 Å². The van der Waals surface area contributed by atoms with Crippen LogP contribution in [0.25, 0.3) is 0 Å². The smallest absolute Gasteiger partial charge is 0.271 e. The van der Waals surface area contributed by atoms with Gasteiger partial charge in [0.2, 0.25) is 0 Å². The number of hydrogen-bond acceptors (Lipinski definition) is 5. The van der Waals surface area contributed by atoms with Crippen LogP contribution in [-0.2, 0) is 4.74 Å². The first-order chi connectivity index (χ1) is 15.2. The highest BCUT2D eigenvalue weighted by Crippen LogP contribution is 2.30. The molecule has 1 aliphatic rings. The number of amides is 1. The second-order valence-corrected chi connectivity index (χ2v) is 8.95. The lowest BCUT2D eigenvalue weighted by Gasteiger charge is -2.34. The van der Waals surface area contributed by atoms with Crippen LogP contribution in [0.15, 0.2) is 47.2 Å². The molecule has 176 valence electrons. The number of aromatic nitrogens is 2. The molecule has 1 aliphatic heterocycles. The standard InChI is InChI=1S/C25H37ClN4O2/c1-8-10-23(32-7)19(5)17(3)18(4)20(6)30-12-9-11-21(30)13-16(2)29-25(31)24-22(26)14-27-15-28-24/h8,10,14-16,20-21H,9,11-13H2,1-7H3,(H,29,31)/b10-8-,18-17+,23-19+. The van der Waals surface area contributed by atoms with Gasteiger partial charge in [0.15, 0.2) is 0 Å². The highest BCUT2D eigenvalue weighted by molar-refractivity contribution is 6.33. The molecule has 1 aromatic rings. The Balaban J connectivity index is 2.10. The Morgan fingerprint density at radius 3 is 2.69 bits per heavy atom. The fourth-order valence-corrected chi connectivity index (χ4v) is 4.59. The fraction of sp³-hybridized carbons (Fsp3) is 0.560. The molecule has 2 rings (SSSR count). The molecular formula is C25H37ClN4O2. The van der Waals surface area contributed by atoms with Crippen LogP contribution in [0.4, 0.5) is 0 Å². The Morgan fingerprint density at radius 2 is 2.06 bits per heavy atom. The predicted molar refractivity (Wildman–Crippen MR) is 131 cm³/mol. The van der Waals surface area contributed by atoms with Crippen LogP contribution < -0.4 is 5.32 Å². The first-order valence-corrected chi connectivity index (χ1v) is 11.7. The largest absolute Gasteiger partial charge is 0.496 e. The number of rotatable bonds is 9. The van der Waals surface area contributed by atoms with E-state index in [4.69, 9.17) is 16.3 Å². The first kappa shape index (κ1) is 26.1. The zero-order valence-electron chi connectivity index (χ0n) is 20.4. The molecule has 1 N–H and O–H groups in total. The van der Waals surface area contributed by atoms with E-state index < -0.39 is 0 Å². The SMILES string of the molecule is C\C=C/C(OC)=C(C)\C(C)=C(/C)C(C)N1CCCC1CC(C)NC(=O)c1ncncc1Cl. The molecule has 3 atom stereocenters. The molecule has 1 fully saturated rings. The van der Waals surface area contributed by atoms with Crippen LogP contribution in [0, 0.1) is 0 Å². The minimum Gasteiger partial charge on any atom is -0.496 e. The van der Waals surface area contributed by atoms with Crippen molar-refractivity contribution in [2.75, 3.05) is 13.7 Å². The number of nitrogens with zero attached hydrogens (tertiary/aromatic N) is 3. The molecule has 1 aromatic heterocycles. The van der Waals surface area contributed by atoms with Crippen LogP contribution >= 0.6 is 11.6 Å². The Labute approximate surface area is 197 Å². The highest BCUT2D eigenvalue weighted by atomic mass is 35.5. The van der Waals surface area contributed by atoms with Gasteiger partial charge < -0.3 is 10.1 Å². The van der Waals surface area contributed by atoms with E-state index in [0.717, 1.165) is 37.1 Å². The predicted octanol–water partition coefficient (Wildman–Crippen LogP) is 5.32. The number of halogens is 1. The summed E-state index contributed by atoms with van der Waals surface area (Å²) in [7, 11) is 1.71. The molecule has 0 aliphatic carbocycles. The molecular weight excluding hydrogens is 424 g/mol. The second kappa shape index (κ2) is 12.2. The van der Waals surface area contributed by atoms with E-state index >= 15 is 0 Å². The van der Waals surface area contributed by atoms with Gasteiger partial charge in [0.05, 0.1) is 12.1 Å². The van der Waals surface area contributed by atoms with Crippen LogP contribution in [-0.4, -0.2) is 52.6 Å². The third-order valence-corrected chi connectivity index (χ3v) is 6.77. The summed E-state index contributed by atoms with van der Waals surface area (Å²) in [4.78, 5) is 23.0. The summed E-state index contributed by atoms with van der Waals surface area (Å²) >= 11 is 6.06. The van der Waals surface area contributed by atoms with E-state index in [1.807, 2.05) is 26.0 Å². The number of hydrogen-bond donors (Lipinski definition) is 1. The van der Waals surface area contributed by atoms with Gasteiger partial charge in [-0.25, -0.2) is 9.97 Å². The fourth-order valence-electron chi connectivity index (χ4n) is 4.40. The molecule has 0 saturated carbocycles. The van der Waals surface area contributed by atoms with Crippen molar-refractivity contribution >= 4 is 17.5 Å². The Kier molecular flexibility index (Phi) is 9.91. The molecule has 7 heteroatoms. The van der Waals surface area contributed by atoms with Crippen molar-refractivity contribution in [1.29, 1.82) is 0 Å². The van der Waals surface area contributed by atoms with Crippen LogP contribution in [0.3, 0.4) is 0 Å². The zero-order chi connectivity index (χ0) is 23.8. The summed E-state index contributed by atoms with van der Waals surface area (Å²) in [5, 5.41) is 3.31. The topological polar surface area (TPSA) is 67.3 Å². The van der Waals surface area contributed by atoms with Gasteiger partial charge in [0.25, 0.3) is 5.91 Å². The second-order valence-electron chi connectivity index (χ2n) is 8.54. The van der Waals surface area contributed by atoms with E-state index in [1.54, 1.807) is 7.11 Å². The molecule has 32 heavy (non-hydrogen) atoms. The summed E-state index contributed by atoms with van der Waals surface area (Å²) in [6, 6.07) is 0.721. The summed E-state index contributed by atoms with van der Waals surface area (Å²) in [6.45, 7) is 13.9. The number of carbonyl (C=O) groups is 1.